The van der Waals surface area contributed by atoms with Gasteiger partial charge in [-0.05, 0) is 241 Å². The fourth-order valence-electron chi connectivity index (χ4n) is 11.1. The molecule has 7 atom stereocenters. The van der Waals surface area contributed by atoms with Gasteiger partial charge in [0.25, 0.3) is 0 Å². The Bertz CT molecular complexity index is 3750. The number of aliphatic hydroxyl groups is 2. The van der Waals surface area contributed by atoms with E-state index in [-0.39, 0.29) is 18.1 Å². The third kappa shape index (κ3) is 51.0. The number of halogens is 7. The normalized spacial score (nSPS) is 12.3. The van der Waals surface area contributed by atoms with Gasteiger partial charge < -0.3 is 14.9 Å². The predicted octanol–water partition coefficient (Wildman–Crippen LogP) is 36.4. The van der Waals surface area contributed by atoms with Gasteiger partial charge in [0.2, 0.25) is 0 Å². The highest BCUT2D eigenvalue weighted by Crippen LogP contribution is 2.43. The molecule has 0 heterocycles. The Morgan fingerprint density at radius 3 is 1.19 bits per heavy atom. The summed E-state index contributed by atoms with van der Waals surface area (Å²) in [5.74, 6) is 2.22. The van der Waals surface area contributed by atoms with Crippen LogP contribution in [0.4, 0.5) is 13.2 Å². The monoisotopic (exact) mass is 1800 g/mol. The zero-order chi connectivity index (χ0) is 95.0. The molecule has 0 radical (unpaired) electrons. The number of alkyl halides is 3. The van der Waals surface area contributed by atoms with E-state index in [9.17, 15) is 27.6 Å². The molecule has 0 bridgehead atoms. The molecule has 0 saturated heterocycles. The van der Waals surface area contributed by atoms with Crippen LogP contribution >= 0.6 is 50.7 Å². The van der Waals surface area contributed by atoms with Crippen LogP contribution in [0.3, 0.4) is 0 Å². The molecule has 2 N–H and O–H groups in total. The molecule has 13 heteroatoms. The highest BCUT2D eigenvalue weighted by Gasteiger charge is 2.50. The number of carbonyl (C=O) groups is 3. The van der Waals surface area contributed by atoms with Crippen molar-refractivity contribution in [3.63, 3.8) is 0 Å². The quantitative estimate of drug-likeness (QED) is 0.0549. The number of Topliss-reactive ketones (excluding diaryl/α,β-unsaturated/α-hetero) is 2. The summed E-state index contributed by atoms with van der Waals surface area (Å²) in [4.78, 5) is 34.3. The topological polar surface area (TPSA) is 101 Å². The number of rotatable bonds is 21. The van der Waals surface area contributed by atoms with Gasteiger partial charge in [0.1, 0.15) is 13.2 Å². The number of aliphatic hydroxyl groups excluding tert-OH is 2. The van der Waals surface area contributed by atoms with Crippen LogP contribution < -0.4 is 0 Å². The largest absolute Gasteiger partial charge is 0.465 e. The fourth-order valence-corrected chi connectivity index (χ4v) is 11.9. The lowest BCUT2D eigenvalue weighted by Crippen LogP contribution is -2.38. The Labute approximate surface area is 763 Å². The molecule has 8 aromatic carbocycles. The number of hydrogen-bond acceptors (Lipinski definition) is 6. The Kier molecular flexibility index (Phi) is 82.7. The Morgan fingerprint density at radius 2 is 0.777 bits per heavy atom. The second-order valence-electron chi connectivity index (χ2n) is 28.1. The molecular formula is C108H169BrCl3F3O6. The van der Waals surface area contributed by atoms with Gasteiger partial charge in [0.05, 0.1) is 28.1 Å². The van der Waals surface area contributed by atoms with Crippen LogP contribution in [0.5, 0.6) is 0 Å². The van der Waals surface area contributed by atoms with E-state index in [1.807, 2.05) is 173 Å². The van der Waals surface area contributed by atoms with E-state index < -0.39 is 36.6 Å². The van der Waals surface area contributed by atoms with Crippen molar-refractivity contribution in [3.05, 3.63) is 280 Å². The maximum absolute atomic E-state index is 12.8. The molecule has 1 aliphatic rings. The van der Waals surface area contributed by atoms with E-state index in [1.165, 1.54) is 110 Å². The molecular weight excluding hydrogens is 1640 g/mol. The molecule has 0 aromatic heterocycles. The standard InChI is InChI=1S/C14H18O4.C14H20.C12H16O2.C11H13F3.C11H16.C10H13Br.C10H12Cl2.C10H13Cl.8C2H6/c1-4-9(2)10-5-11(13(16)8-15)7-12(6-10)14(17)18-3;1-3-11(2)13-10-6-8-12-7-4-5-9-14(12)13;1-3-9(2)10-5-4-6-11(7-10)12(14)8-13;1-3-10(2,11(12,13)14)9-7-5-4-6-8-9;1-4-11(2,3)10-8-6-5-7-9-10;1-3-8(2)9-5-4-6-10(11)7-9;1-3-7(2)8-4-5-9(11)10(12)6-8;1-3-8(2)9-4-6-10(11)7-5-9;8*1-2/h5-7,9,15H,4,8H2,1-3H3;6,8,10-11H,3-5,7,9H2,1-2H3;4-7,9,13H,3,8H2,1-2H3;4-8H,3H2,1-2H3;5-9H,4H2,1-3H3;4-8H,3H2,1-2H3;4-7H,3H2,1-2H3;4-8H,3H2,1-2H3;8*1-2H3. The Hall–Kier alpha value is -6.37. The third-order valence-electron chi connectivity index (χ3n) is 20.5. The minimum Gasteiger partial charge on any atom is -0.465 e. The molecule has 0 spiro atoms. The minimum atomic E-state index is -4.19. The second kappa shape index (κ2) is 78.4. The SMILES string of the molecule is CC.CC.CC.CC.CC.CC.CC.CC.CCC(C)(C)c1ccccc1.CCC(C)(c1ccccc1)C(F)(F)F.CCC(C)c1cc(C(=O)CO)cc(C(=O)OC)c1.CCC(C)c1ccc(Cl)c(Cl)c1.CCC(C)c1ccc(Cl)cc1.CCC(C)c1cccc(Br)c1.CCC(C)c1cccc(C(=O)CO)c1.CCC(C)c1cccc2c1CCCC2. The summed E-state index contributed by atoms with van der Waals surface area (Å²) in [7, 11) is 1.30. The van der Waals surface area contributed by atoms with E-state index in [0.717, 1.165) is 41.3 Å². The van der Waals surface area contributed by atoms with Crippen LogP contribution in [0.1, 0.15) is 415 Å². The Morgan fingerprint density at radius 1 is 0.397 bits per heavy atom. The van der Waals surface area contributed by atoms with Crippen LogP contribution in [-0.2, 0) is 28.4 Å². The maximum atomic E-state index is 12.8. The highest BCUT2D eigenvalue weighted by atomic mass is 79.9. The number of esters is 1. The average Bonchev–Trinajstić information content (AvgIpc) is 0.808. The number of benzene rings is 8. The first-order chi connectivity index (χ1) is 57.7. The molecule has 0 aliphatic heterocycles. The van der Waals surface area contributed by atoms with Crippen molar-refractivity contribution in [1.29, 1.82) is 0 Å². The molecule has 0 amide bonds. The summed E-state index contributed by atoms with van der Waals surface area (Å²) in [5.41, 5.74) is 12.7. The number of methoxy groups -OCH3 is 1. The third-order valence-corrected chi connectivity index (χ3v) is 22.0. The number of fused-ring (bicyclic) bond motifs is 1. The number of carbonyl (C=O) groups excluding carboxylic acids is 3. The lowest BCUT2D eigenvalue weighted by atomic mass is 9.79. The van der Waals surface area contributed by atoms with Crippen LogP contribution in [-0.4, -0.2) is 54.2 Å². The van der Waals surface area contributed by atoms with Crippen LogP contribution in [0.15, 0.2) is 193 Å². The molecule has 6 nitrogen and oxygen atoms in total. The van der Waals surface area contributed by atoms with Gasteiger partial charge in [-0.3, -0.25) is 9.59 Å². The van der Waals surface area contributed by atoms with E-state index in [2.05, 4.69) is 196 Å². The first-order valence-corrected chi connectivity index (χ1v) is 47.5. The van der Waals surface area contributed by atoms with Crippen LogP contribution in [0.25, 0.3) is 0 Å². The zero-order valence-corrected chi connectivity index (χ0v) is 85.8. The van der Waals surface area contributed by atoms with Crippen LogP contribution in [0.2, 0.25) is 15.1 Å². The Balaban J connectivity index is -0.000000240. The van der Waals surface area contributed by atoms with Gasteiger partial charge in [-0.2, -0.15) is 13.2 Å². The van der Waals surface area contributed by atoms with Crippen molar-refractivity contribution in [1.82, 2.24) is 0 Å². The van der Waals surface area contributed by atoms with Gasteiger partial charge in [-0.25, -0.2) is 4.79 Å². The molecule has 0 saturated carbocycles. The van der Waals surface area contributed by atoms with Crippen molar-refractivity contribution < 1.29 is 42.5 Å². The van der Waals surface area contributed by atoms with E-state index in [0.29, 0.717) is 61.4 Å². The molecule has 686 valence electrons. The maximum Gasteiger partial charge on any atom is 0.398 e. The summed E-state index contributed by atoms with van der Waals surface area (Å²) in [6.07, 6.45) is 9.17. The first-order valence-electron chi connectivity index (χ1n) is 45.6. The highest BCUT2D eigenvalue weighted by molar-refractivity contribution is 9.10. The van der Waals surface area contributed by atoms with Gasteiger partial charge >= 0.3 is 12.1 Å². The first kappa shape index (κ1) is 128. The molecule has 9 rings (SSSR count). The van der Waals surface area contributed by atoms with E-state index >= 15 is 0 Å². The molecule has 8 aromatic rings. The molecule has 7 unspecified atom stereocenters. The molecule has 0 fully saturated rings. The number of hydrogen-bond donors (Lipinski definition) is 2. The fraction of sp³-hybridized carbons (Fsp3) is 0.528. The van der Waals surface area contributed by atoms with Gasteiger partial charge in [-0.15, -0.1) is 0 Å². The summed E-state index contributed by atoms with van der Waals surface area (Å²) in [6.45, 7) is 66.8. The van der Waals surface area contributed by atoms with Crippen molar-refractivity contribution in [3.8, 4) is 0 Å². The van der Waals surface area contributed by atoms with Crippen LogP contribution in [0, 0.1) is 0 Å². The predicted molar refractivity (Wildman–Crippen MR) is 535 cm³/mol. The lowest BCUT2D eigenvalue weighted by Gasteiger charge is -2.31. The summed E-state index contributed by atoms with van der Waals surface area (Å²) >= 11 is 20.9. The lowest BCUT2D eigenvalue weighted by molar-refractivity contribution is -0.186. The summed E-state index contributed by atoms with van der Waals surface area (Å²) < 4.78 is 44.2. The average molecular weight is 1810 g/mol. The van der Waals surface area contributed by atoms with E-state index in [4.69, 9.17) is 45.0 Å². The zero-order valence-electron chi connectivity index (χ0n) is 81.9. The summed E-state index contributed by atoms with van der Waals surface area (Å²) in [6, 6.07) is 60.4. The number of ether oxygens (including phenoxy) is 1. The van der Waals surface area contributed by atoms with Gasteiger partial charge in [0.15, 0.2) is 11.6 Å². The van der Waals surface area contributed by atoms with Crippen molar-refractivity contribution in [2.75, 3.05) is 20.3 Å². The van der Waals surface area contributed by atoms with Crippen molar-refractivity contribution in [2.24, 2.45) is 0 Å². The number of ketones is 2. The number of aryl methyl sites for hydroxylation is 1. The van der Waals surface area contributed by atoms with Gasteiger partial charge in [0, 0.05) is 20.6 Å². The van der Waals surface area contributed by atoms with Crippen molar-refractivity contribution >= 4 is 68.3 Å². The molecule has 121 heavy (non-hydrogen) atoms. The second-order valence-corrected chi connectivity index (χ2v) is 30.3. The molecule has 1 aliphatic carbocycles. The van der Waals surface area contributed by atoms with E-state index in [1.54, 1.807) is 60.0 Å². The van der Waals surface area contributed by atoms with Crippen molar-refractivity contribution in [2.45, 2.75) is 358 Å². The summed E-state index contributed by atoms with van der Waals surface area (Å²) in [5, 5.41) is 19.7. The minimum absolute atomic E-state index is 0.0561. The smallest absolute Gasteiger partial charge is 0.398 e. The van der Waals surface area contributed by atoms with Gasteiger partial charge in [-0.1, -0.05) is 400 Å².